The van der Waals surface area contributed by atoms with Crippen molar-refractivity contribution in [3.8, 4) is 5.88 Å². The number of nitrogens with zero attached hydrogens (tertiary/aromatic N) is 3. The smallest absolute Gasteiger partial charge is 0.280 e. The molecule has 3 rings (SSSR count). The molecular formula is C17H16ClN3O3. The highest BCUT2D eigenvalue weighted by Crippen LogP contribution is 2.15. The van der Waals surface area contributed by atoms with E-state index in [1.54, 1.807) is 31.4 Å². The first kappa shape index (κ1) is 16.4. The lowest BCUT2D eigenvalue weighted by Crippen LogP contribution is -2.23. The maximum atomic E-state index is 12.4. The van der Waals surface area contributed by atoms with Crippen LogP contribution in [0.2, 0.25) is 5.02 Å². The van der Waals surface area contributed by atoms with Crippen molar-refractivity contribution in [1.29, 1.82) is 0 Å². The quantitative estimate of drug-likeness (QED) is 0.687. The Hall–Kier alpha value is -2.44. The molecule has 0 fully saturated rings. The number of halogens is 1. The van der Waals surface area contributed by atoms with Gasteiger partial charge < -0.3 is 9.47 Å². The normalized spacial score (nSPS) is 10.9. The maximum Gasteiger partial charge on any atom is 0.280 e. The maximum absolute atomic E-state index is 12.4. The molecule has 0 N–H and O–H groups in total. The molecule has 0 spiro atoms. The summed E-state index contributed by atoms with van der Waals surface area (Å²) < 4.78 is 12.1. The Balaban J connectivity index is 1.82. The number of hydrogen-bond acceptors (Lipinski definition) is 5. The molecule has 0 aliphatic heterocycles. The summed E-state index contributed by atoms with van der Waals surface area (Å²) in [5.74, 6) is 0.376. The third-order valence-electron chi connectivity index (χ3n) is 3.48. The number of benzene rings is 1. The Kier molecular flexibility index (Phi) is 5.08. The van der Waals surface area contributed by atoms with Crippen LogP contribution in [0.25, 0.3) is 11.0 Å². The molecule has 3 aromatic rings. The van der Waals surface area contributed by atoms with E-state index >= 15 is 0 Å². The molecule has 0 bridgehead atoms. The molecule has 0 aliphatic carbocycles. The molecule has 0 radical (unpaired) electrons. The number of fused-ring (bicyclic) bond motifs is 1. The number of aromatic nitrogens is 3. The van der Waals surface area contributed by atoms with Crippen molar-refractivity contribution in [2.24, 2.45) is 0 Å². The van der Waals surface area contributed by atoms with E-state index in [4.69, 9.17) is 21.1 Å². The van der Waals surface area contributed by atoms with Gasteiger partial charge in [0, 0.05) is 18.2 Å². The van der Waals surface area contributed by atoms with Gasteiger partial charge in [-0.05, 0) is 23.8 Å². The molecule has 0 unspecified atom stereocenters. The van der Waals surface area contributed by atoms with Crippen LogP contribution in [0, 0.1) is 0 Å². The highest BCUT2D eigenvalue weighted by Gasteiger charge is 2.08. The van der Waals surface area contributed by atoms with Gasteiger partial charge in [-0.2, -0.15) is 0 Å². The van der Waals surface area contributed by atoms with Gasteiger partial charge in [0.1, 0.15) is 6.61 Å². The van der Waals surface area contributed by atoms with Crippen LogP contribution in [0.15, 0.2) is 47.5 Å². The van der Waals surface area contributed by atoms with E-state index in [0.29, 0.717) is 36.2 Å². The first-order valence-corrected chi connectivity index (χ1v) is 7.77. The topological polar surface area (TPSA) is 66.2 Å². The monoisotopic (exact) mass is 345 g/mol. The predicted molar refractivity (Wildman–Crippen MR) is 91.5 cm³/mol. The van der Waals surface area contributed by atoms with Crippen molar-refractivity contribution in [2.45, 2.75) is 13.2 Å². The highest BCUT2D eigenvalue weighted by molar-refractivity contribution is 6.30. The molecular weight excluding hydrogens is 330 g/mol. The second-order valence-corrected chi connectivity index (χ2v) is 5.60. The number of pyridine rings is 1. The van der Waals surface area contributed by atoms with Gasteiger partial charge in [0.2, 0.25) is 5.88 Å². The first-order valence-electron chi connectivity index (χ1n) is 7.40. The van der Waals surface area contributed by atoms with Gasteiger partial charge in [0.15, 0.2) is 5.52 Å². The summed E-state index contributed by atoms with van der Waals surface area (Å²) in [7, 11) is 1.58. The van der Waals surface area contributed by atoms with Crippen LogP contribution in [0.4, 0.5) is 0 Å². The van der Waals surface area contributed by atoms with Crippen molar-refractivity contribution in [3.63, 3.8) is 0 Å². The molecule has 124 valence electrons. The molecule has 6 nitrogen and oxygen atoms in total. The predicted octanol–water partition coefficient (Wildman–Crippen LogP) is 2.67. The second kappa shape index (κ2) is 7.42. The van der Waals surface area contributed by atoms with E-state index in [1.807, 2.05) is 12.1 Å². The van der Waals surface area contributed by atoms with Crippen LogP contribution in [-0.2, 0) is 17.9 Å². The second-order valence-electron chi connectivity index (χ2n) is 5.17. The molecule has 2 aromatic heterocycles. The lowest BCUT2D eigenvalue weighted by Gasteiger charge is -2.08. The fraction of sp³-hybridized carbons (Fsp3) is 0.235. The van der Waals surface area contributed by atoms with E-state index in [9.17, 15) is 4.79 Å². The van der Waals surface area contributed by atoms with Crippen LogP contribution in [0.1, 0.15) is 5.56 Å². The number of ether oxygens (including phenoxy) is 2. The van der Waals surface area contributed by atoms with Crippen molar-refractivity contribution < 1.29 is 9.47 Å². The largest absolute Gasteiger partial charge is 0.473 e. The van der Waals surface area contributed by atoms with E-state index in [1.165, 1.54) is 10.9 Å². The first-order chi connectivity index (χ1) is 11.7. The minimum absolute atomic E-state index is 0.214. The number of hydrogen-bond donors (Lipinski definition) is 0. The Bertz CT molecular complexity index is 894. The van der Waals surface area contributed by atoms with Gasteiger partial charge in [-0.15, -0.1) is 0 Å². The molecule has 2 heterocycles. The third kappa shape index (κ3) is 3.72. The summed E-state index contributed by atoms with van der Waals surface area (Å²) in [6.45, 7) is 1.20. The number of methoxy groups -OCH3 is 1. The van der Waals surface area contributed by atoms with E-state index in [2.05, 4.69) is 9.97 Å². The molecule has 1 aromatic carbocycles. The van der Waals surface area contributed by atoms with Gasteiger partial charge in [-0.1, -0.05) is 23.7 Å². The molecule has 0 saturated heterocycles. The standard InChI is InChI=1S/C17H16ClN3O3/c1-23-9-8-21-11-19-14-6-7-15(20-16(14)17(21)22)24-10-12-2-4-13(18)5-3-12/h2-7,11H,8-10H2,1H3. The molecule has 7 heteroatoms. The summed E-state index contributed by atoms with van der Waals surface area (Å²) >= 11 is 5.86. The fourth-order valence-corrected chi connectivity index (χ4v) is 2.31. The summed E-state index contributed by atoms with van der Waals surface area (Å²) in [5.41, 5.74) is 1.56. The minimum Gasteiger partial charge on any atom is -0.473 e. The lowest BCUT2D eigenvalue weighted by atomic mass is 10.2. The van der Waals surface area contributed by atoms with E-state index in [-0.39, 0.29) is 11.1 Å². The summed E-state index contributed by atoms with van der Waals surface area (Å²) in [6.07, 6.45) is 1.50. The van der Waals surface area contributed by atoms with Crippen molar-refractivity contribution in [3.05, 3.63) is 63.7 Å². The van der Waals surface area contributed by atoms with E-state index < -0.39 is 0 Å². The van der Waals surface area contributed by atoms with Crippen LogP contribution < -0.4 is 10.3 Å². The molecule has 24 heavy (non-hydrogen) atoms. The summed E-state index contributed by atoms with van der Waals surface area (Å²) in [4.78, 5) is 21.0. The van der Waals surface area contributed by atoms with Gasteiger partial charge in [0.05, 0.1) is 25.0 Å². The Morgan fingerprint density at radius 1 is 1.17 bits per heavy atom. The van der Waals surface area contributed by atoms with Gasteiger partial charge in [0.25, 0.3) is 5.56 Å². The lowest BCUT2D eigenvalue weighted by molar-refractivity contribution is 0.186. The number of rotatable bonds is 6. The third-order valence-corrected chi connectivity index (χ3v) is 3.74. The van der Waals surface area contributed by atoms with Crippen LogP contribution in [0.5, 0.6) is 5.88 Å². The Morgan fingerprint density at radius 3 is 2.71 bits per heavy atom. The highest BCUT2D eigenvalue weighted by atomic mass is 35.5. The molecule has 0 atom stereocenters. The van der Waals surface area contributed by atoms with Crippen molar-refractivity contribution in [2.75, 3.05) is 13.7 Å². The van der Waals surface area contributed by atoms with Crippen LogP contribution >= 0.6 is 11.6 Å². The average Bonchev–Trinajstić information content (AvgIpc) is 2.61. The van der Waals surface area contributed by atoms with Crippen LogP contribution in [0.3, 0.4) is 0 Å². The van der Waals surface area contributed by atoms with Gasteiger partial charge in [-0.25, -0.2) is 9.97 Å². The summed E-state index contributed by atoms with van der Waals surface area (Å²) in [6, 6.07) is 10.8. The fourth-order valence-electron chi connectivity index (χ4n) is 2.18. The van der Waals surface area contributed by atoms with Crippen LogP contribution in [-0.4, -0.2) is 28.3 Å². The SMILES string of the molecule is COCCn1cnc2ccc(OCc3ccc(Cl)cc3)nc2c1=O. The zero-order chi connectivity index (χ0) is 16.9. The average molecular weight is 346 g/mol. The zero-order valence-electron chi connectivity index (χ0n) is 13.1. The Labute approximate surface area is 143 Å². The zero-order valence-corrected chi connectivity index (χ0v) is 13.9. The molecule has 0 aliphatic rings. The van der Waals surface area contributed by atoms with Crippen molar-refractivity contribution in [1.82, 2.24) is 14.5 Å². The van der Waals surface area contributed by atoms with Gasteiger partial charge >= 0.3 is 0 Å². The summed E-state index contributed by atoms with van der Waals surface area (Å²) in [5, 5.41) is 0.672. The van der Waals surface area contributed by atoms with Gasteiger partial charge in [-0.3, -0.25) is 9.36 Å². The Morgan fingerprint density at radius 2 is 1.96 bits per heavy atom. The van der Waals surface area contributed by atoms with Crippen molar-refractivity contribution >= 4 is 22.6 Å². The minimum atomic E-state index is -0.214. The molecule has 0 saturated carbocycles. The van der Waals surface area contributed by atoms with E-state index in [0.717, 1.165) is 5.56 Å². The molecule has 0 amide bonds.